The number of halogens is 1. The van der Waals surface area contributed by atoms with Gasteiger partial charge in [0.1, 0.15) is 0 Å². The van der Waals surface area contributed by atoms with Crippen LogP contribution in [0.4, 0.5) is 5.13 Å². The third-order valence-corrected chi connectivity index (χ3v) is 6.35. The van der Waals surface area contributed by atoms with Crippen LogP contribution in [0.5, 0.6) is 0 Å². The van der Waals surface area contributed by atoms with Crippen molar-refractivity contribution in [1.82, 2.24) is 10.2 Å². The molecule has 3 N–H and O–H groups in total. The lowest BCUT2D eigenvalue weighted by Gasteiger charge is -2.04. The zero-order valence-corrected chi connectivity index (χ0v) is 14.1. The fourth-order valence-corrected chi connectivity index (χ4v) is 4.08. The van der Waals surface area contributed by atoms with Crippen molar-refractivity contribution in [2.45, 2.75) is 9.24 Å². The average Bonchev–Trinajstić information content (AvgIpc) is 2.77. The van der Waals surface area contributed by atoms with Crippen molar-refractivity contribution in [2.75, 3.05) is 4.72 Å². The quantitative estimate of drug-likeness (QED) is 0.661. The van der Waals surface area contributed by atoms with E-state index in [-0.39, 0.29) is 10.0 Å². The molecule has 20 heavy (non-hydrogen) atoms. The summed E-state index contributed by atoms with van der Waals surface area (Å²) in [6.07, 6.45) is 0. The molecule has 1 aromatic carbocycles. The summed E-state index contributed by atoms with van der Waals surface area (Å²) in [7, 11) is -7.84. The van der Waals surface area contributed by atoms with Crippen LogP contribution in [-0.2, 0) is 20.0 Å². The van der Waals surface area contributed by atoms with Crippen LogP contribution in [0.15, 0.2) is 33.5 Å². The van der Waals surface area contributed by atoms with Gasteiger partial charge in [-0.3, -0.25) is 4.72 Å². The van der Waals surface area contributed by atoms with Crippen LogP contribution < -0.4 is 9.86 Å². The third-order valence-electron chi connectivity index (χ3n) is 2.00. The Hall–Kier alpha value is -0.830. The highest BCUT2D eigenvalue weighted by molar-refractivity contribution is 14.1. The van der Waals surface area contributed by atoms with E-state index >= 15 is 0 Å². The van der Waals surface area contributed by atoms with Gasteiger partial charge in [0, 0.05) is 3.57 Å². The van der Waals surface area contributed by atoms with Gasteiger partial charge in [-0.25, -0.2) is 22.0 Å². The number of benzene rings is 1. The lowest BCUT2D eigenvalue weighted by Crippen LogP contribution is -2.12. The summed E-state index contributed by atoms with van der Waals surface area (Å²) in [6.45, 7) is 0. The molecular weight excluding hydrogens is 439 g/mol. The minimum atomic E-state index is -4.00. The number of aromatic nitrogens is 2. The molecule has 0 spiro atoms. The summed E-state index contributed by atoms with van der Waals surface area (Å²) >= 11 is 2.58. The van der Waals surface area contributed by atoms with Crippen molar-refractivity contribution in [3.63, 3.8) is 0 Å². The van der Waals surface area contributed by atoms with Crippen molar-refractivity contribution in [1.29, 1.82) is 0 Å². The van der Waals surface area contributed by atoms with Gasteiger partial charge < -0.3 is 0 Å². The number of primary sulfonamides is 1. The molecule has 0 aliphatic rings. The Balaban J connectivity index is 2.29. The number of nitrogens with zero attached hydrogens (tertiary/aromatic N) is 2. The molecule has 8 nitrogen and oxygen atoms in total. The standard InChI is InChI=1S/C8H7IN4O4S3/c9-5-1-3-6(4-2-5)20(16,17)13-7-11-12-8(18-7)19(10,14)15/h1-4H,(H,11,13)(H2,10,14,15). The number of nitrogens with two attached hydrogens (primary N) is 1. The van der Waals surface area contributed by atoms with Crippen LogP contribution in [0.25, 0.3) is 0 Å². The van der Waals surface area contributed by atoms with Crippen LogP contribution in [0.1, 0.15) is 0 Å². The van der Waals surface area contributed by atoms with Gasteiger partial charge in [0.2, 0.25) is 9.47 Å². The Kier molecular flexibility index (Phi) is 4.29. The molecule has 0 bridgehead atoms. The first kappa shape index (κ1) is 15.6. The molecule has 0 saturated heterocycles. The fraction of sp³-hybridized carbons (Fsp3) is 0. The van der Waals surface area contributed by atoms with E-state index in [2.05, 4.69) is 14.9 Å². The summed E-state index contributed by atoms with van der Waals surface area (Å²) in [5.74, 6) is 0. The molecule has 0 radical (unpaired) electrons. The second kappa shape index (κ2) is 5.51. The summed E-state index contributed by atoms with van der Waals surface area (Å²) in [4.78, 5) is 0.0327. The predicted molar refractivity (Wildman–Crippen MR) is 81.2 cm³/mol. The van der Waals surface area contributed by atoms with Gasteiger partial charge in [-0.1, -0.05) is 11.3 Å². The molecule has 0 fully saturated rings. The van der Waals surface area contributed by atoms with E-state index in [1.165, 1.54) is 12.1 Å². The summed E-state index contributed by atoms with van der Waals surface area (Å²) in [5.41, 5.74) is 0. The number of anilines is 1. The number of sulfonamides is 2. The van der Waals surface area contributed by atoms with Crippen molar-refractivity contribution >= 4 is 59.1 Å². The van der Waals surface area contributed by atoms with E-state index < -0.39 is 24.4 Å². The lowest BCUT2D eigenvalue weighted by molar-refractivity contribution is 0.595. The van der Waals surface area contributed by atoms with Gasteiger partial charge in [-0.05, 0) is 46.9 Å². The highest BCUT2D eigenvalue weighted by atomic mass is 127. The number of nitrogens with one attached hydrogen (secondary N) is 1. The topological polar surface area (TPSA) is 132 Å². The van der Waals surface area contributed by atoms with E-state index in [9.17, 15) is 16.8 Å². The first-order chi connectivity index (χ1) is 9.18. The van der Waals surface area contributed by atoms with Crippen molar-refractivity contribution in [3.8, 4) is 0 Å². The van der Waals surface area contributed by atoms with Crippen molar-refractivity contribution in [3.05, 3.63) is 27.8 Å². The SMILES string of the molecule is NS(=O)(=O)c1nnc(NS(=O)(=O)c2ccc(I)cc2)s1. The first-order valence-corrected chi connectivity index (χ1v) is 9.76. The Labute approximate surface area is 132 Å². The minimum Gasteiger partial charge on any atom is -0.253 e. The first-order valence-electron chi connectivity index (χ1n) is 4.83. The molecule has 0 aliphatic heterocycles. The Morgan fingerprint density at radius 3 is 2.20 bits per heavy atom. The number of hydrogen-bond acceptors (Lipinski definition) is 7. The van der Waals surface area contributed by atoms with Gasteiger partial charge in [0.25, 0.3) is 20.0 Å². The smallest absolute Gasteiger partial charge is 0.253 e. The molecule has 2 rings (SSSR count). The molecule has 0 atom stereocenters. The van der Waals surface area contributed by atoms with Gasteiger partial charge in [-0.15, -0.1) is 10.2 Å². The Morgan fingerprint density at radius 1 is 1.10 bits per heavy atom. The summed E-state index contributed by atoms with van der Waals surface area (Å²) in [6, 6.07) is 6.10. The second-order valence-electron chi connectivity index (χ2n) is 3.48. The highest BCUT2D eigenvalue weighted by Gasteiger charge is 2.20. The largest absolute Gasteiger partial charge is 0.267 e. The number of hydrogen-bond donors (Lipinski definition) is 2. The summed E-state index contributed by atoms with van der Waals surface area (Å²) < 4.78 is 48.7. The Morgan fingerprint density at radius 2 is 1.70 bits per heavy atom. The van der Waals surface area contributed by atoms with E-state index in [0.717, 1.165) is 3.57 Å². The van der Waals surface area contributed by atoms with Gasteiger partial charge in [0.05, 0.1) is 4.90 Å². The third kappa shape index (κ3) is 3.63. The van der Waals surface area contributed by atoms with Crippen LogP contribution >= 0.6 is 33.9 Å². The molecular formula is C8H7IN4O4S3. The molecule has 0 aliphatic carbocycles. The van der Waals surface area contributed by atoms with E-state index in [1.54, 1.807) is 12.1 Å². The maximum atomic E-state index is 12.0. The van der Waals surface area contributed by atoms with Gasteiger partial charge in [0.15, 0.2) is 0 Å². The summed E-state index contributed by atoms with van der Waals surface area (Å²) in [5, 5.41) is 11.4. The van der Waals surface area contributed by atoms with Crippen molar-refractivity contribution in [2.24, 2.45) is 5.14 Å². The molecule has 108 valence electrons. The van der Waals surface area contributed by atoms with Crippen LogP contribution in [0, 0.1) is 3.57 Å². The molecule has 0 saturated carbocycles. The lowest BCUT2D eigenvalue weighted by atomic mass is 10.4. The van der Waals surface area contributed by atoms with Gasteiger partial charge in [-0.2, -0.15) is 0 Å². The predicted octanol–water partition coefficient (Wildman–Crippen LogP) is 0.591. The molecule has 1 aromatic heterocycles. The van der Waals surface area contributed by atoms with E-state index in [4.69, 9.17) is 5.14 Å². The highest BCUT2D eigenvalue weighted by Crippen LogP contribution is 2.22. The number of rotatable bonds is 4. The molecule has 2 aromatic rings. The average molecular weight is 446 g/mol. The van der Waals surface area contributed by atoms with Gasteiger partial charge >= 0.3 is 0 Å². The monoisotopic (exact) mass is 446 g/mol. The normalized spacial score (nSPS) is 12.3. The Bertz CT molecular complexity index is 829. The van der Waals surface area contributed by atoms with Crippen LogP contribution in [0.2, 0.25) is 0 Å². The zero-order chi connectivity index (χ0) is 15.0. The molecule has 12 heteroatoms. The molecule has 0 unspecified atom stereocenters. The maximum Gasteiger partial charge on any atom is 0.267 e. The molecule has 0 amide bonds. The van der Waals surface area contributed by atoms with Crippen LogP contribution in [-0.4, -0.2) is 27.0 Å². The van der Waals surface area contributed by atoms with E-state index in [1.807, 2.05) is 22.6 Å². The molecule has 1 heterocycles. The zero-order valence-electron chi connectivity index (χ0n) is 9.52. The maximum absolute atomic E-state index is 12.0. The van der Waals surface area contributed by atoms with Crippen LogP contribution in [0.3, 0.4) is 0 Å². The van der Waals surface area contributed by atoms with Crippen molar-refractivity contribution < 1.29 is 16.8 Å². The fourth-order valence-electron chi connectivity index (χ4n) is 1.15. The second-order valence-corrected chi connectivity index (χ2v) is 9.12. The minimum absolute atomic E-state index is 0.0327. The van der Waals surface area contributed by atoms with E-state index in [0.29, 0.717) is 11.3 Å².